The topological polar surface area (TPSA) is 56.8 Å². The van der Waals surface area contributed by atoms with E-state index in [2.05, 4.69) is 5.32 Å². The number of hydrogen-bond acceptors (Lipinski definition) is 4. The molecule has 0 spiro atoms. The highest BCUT2D eigenvalue weighted by Crippen LogP contribution is 2.18. The molecule has 0 unspecified atom stereocenters. The molecule has 0 radical (unpaired) electrons. The van der Waals surface area contributed by atoms with Gasteiger partial charge in [-0.05, 0) is 50.1 Å². The van der Waals surface area contributed by atoms with E-state index in [1.165, 1.54) is 0 Å². The lowest BCUT2D eigenvalue weighted by atomic mass is 10.2. The lowest BCUT2D eigenvalue weighted by Crippen LogP contribution is -2.30. The number of nitrogens with one attached hydrogen (secondary N) is 1. The molecule has 0 atom stereocenters. The number of carbonyl (C=O) groups is 1. The Labute approximate surface area is 155 Å². The summed E-state index contributed by atoms with van der Waals surface area (Å²) in [5, 5.41) is 2.81. The summed E-state index contributed by atoms with van der Waals surface area (Å²) in [6.45, 7) is 5.72. The van der Waals surface area contributed by atoms with Crippen molar-refractivity contribution in [1.82, 2.24) is 5.32 Å². The minimum Gasteiger partial charge on any atom is -0.489 e. The Morgan fingerprint density at radius 2 is 1.62 bits per heavy atom. The van der Waals surface area contributed by atoms with Crippen LogP contribution in [-0.2, 0) is 16.1 Å². The van der Waals surface area contributed by atoms with E-state index in [9.17, 15) is 4.79 Å². The SMILES string of the molecule is CC(C)OCCCNC(=O)COc1ccc(OCc2ccccc2)cc1. The monoisotopic (exact) mass is 357 g/mol. The van der Waals surface area contributed by atoms with Crippen molar-refractivity contribution >= 4 is 5.91 Å². The Kier molecular flexibility index (Phi) is 8.49. The summed E-state index contributed by atoms with van der Waals surface area (Å²) >= 11 is 0. The lowest BCUT2D eigenvalue weighted by molar-refractivity contribution is -0.123. The van der Waals surface area contributed by atoms with Crippen molar-refractivity contribution in [1.29, 1.82) is 0 Å². The van der Waals surface area contributed by atoms with Crippen LogP contribution in [-0.4, -0.2) is 31.8 Å². The van der Waals surface area contributed by atoms with E-state index in [4.69, 9.17) is 14.2 Å². The molecule has 0 bridgehead atoms. The average Bonchev–Trinajstić information content (AvgIpc) is 2.66. The summed E-state index contributed by atoms with van der Waals surface area (Å²) in [6.07, 6.45) is 1.01. The van der Waals surface area contributed by atoms with Crippen LogP contribution in [0.25, 0.3) is 0 Å². The van der Waals surface area contributed by atoms with Crippen molar-refractivity contribution in [2.24, 2.45) is 0 Å². The minimum atomic E-state index is -0.140. The third-order valence-electron chi connectivity index (χ3n) is 3.54. The third-order valence-corrected chi connectivity index (χ3v) is 3.54. The first kappa shape index (κ1) is 19.8. The lowest BCUT2D eigenvalue weighted by Gasteiger charge is -2.10. The zero-order chi connectivity index (χ0) is 18.6. The normalized spacial score (nSPS) is 10.6. The summed E-state index contributed by atoms with van der Waals surface area (Å²) < 4.78 is 16.6. The van der Waals surface area contributed by atoms with Crippen LogP contribution in [0, 0.1) is 0 Å². The molecule has 26 heavy (non-hydrogen) atoms. The second-order valence-electron chi connectivity index (χ2n) is 6.16. The standard InChI is InChI=1S/C21H27NO4/c1-17(2)24-14-6-13-22-21(23)16-26-20-11-9-19(10-12-20)25-15-18-7-4-3-5-8-18/h3-5,7-12,17H,6,13-16H2,1-2H3,(H,22,23). The van der Waals surface area contributed by atoms with E-state index in [0.29, 0.717) is 25.5 Å². The maximum Gasteiger partial charge on any atom is 0.257 e. The number of carbonyl (C=O) groups excluding carboxylic acids is 1. The van der Waals surface area contributed by atoms with Gasteiger partial charge in [-0.3, -0.25) is 4.79 Å². The number of ether oxygens (including phenoxy) is 3. The van der Waals surface area contributed by atoms with E-state index in [1.54, 1.807) is 12.1 Å². The van der Waals surface area contributed by atoms with E-state index in [1.807, 2.05) is 56.3 Å². The van der Waals surface area contributed by atoms with Gasteiger partial charge in [0.25, 0.3) is 5.91 Å². The van der Waals surface area contributed by atoms with E-state index < -0.39 is 0 Å². The van der Waals surface area contributed by atoms with Gasteiger partial charge < -0.3 is 19.5 Å². The van der Waals surface area contributed by atoms with Crippen LogP contribution in [0.4, 0.5) is 0 Å². The van der Waals surface area contributed by atoms with Gasteiger partial charge in [0.2, 0.25) is 0 Å². The molecule has 1 amide bonds. The Morgan fingerprint density at radius 3 is 2.27 bits per heavy atom. The van der Waals surface area contributed by atoms with Crippen LogP contribution >= 0.6 is 0 Å². The Bertz CT molecular complexity index is 641. The summed E-state index contributed by atoms with van der Waals surface area (Å²) in [4.78, 5) is 11.7. The molecular formula is C21H27NO4. The molecule has 2 aromatic rings. The van der Waals surface area contributed by atoms with Crippen LogP contribution in [0.1, 0.15) is 25.8 Å². The summed E-state index contributed by atoms with van der Waals surface area (Å²) in [5.74, 6) is 1.25. The van der Waals surface area contributed by atoms with Crippen LogP contribution in [0.5, 0.6) is 11.5 Å². The van der Waals surface area contributed by atoms with Gasteiger partial charge in [-0.1, -0.05) is 30.3 Å². The largest absolute Gasteiger partial charge is 0.489 e. The first-order chi connectivity index (χ1) is 12.6. The molecule has 0 aliphatic heterocycles. The van der Waals surface area contributed by atoms with Gasteiger partial charge in [-0.2, -0.15) is 0 Å². The molecule has 140 valence electrons. The predicted octanol–water partition coefficient (Wildman–Crippen LogP) is 3.58. The van der Waals surface area contributed by atoms with E-state index in [0.717, 1.165) is 17.7 Å². The molecule has 0 aromatic heterocycles. The second kappa shape index (κ2) is 11.2. The fraction of sp³-hybridized carbons (Fsp3) is 0.381. The fourth-order valence-corrected chi connectivity index (χ4v) is 2.19. The molecule has 2 rings (SSSR count). The molecule has 0 aliphatic rings. The molecule has 1 N–H and O–H groups in total. The van der Waals surface area contributed by atoms with Gasteiger partial charge in [0, 0.05) is 13.2 Å². The first-order valence-electron chi connectivity index (χ1n) is 8.91. The Morgan fingerprint density at radius 1 is 0.962 bits per heavy atom. The summed E-state index contributed by atoms with van der Waals surface area (Å²) in [5.41, 5.74) is 1.11. The Balaban J connectivity index is 1.63. The minimum absolute atomic E-state index is 0.00471. The second-order valence-corrected chi connectivity index (χ2v) is 6.16. The van der Waals surface area contributed by atoms with Crippen molar-refractivity contribution in [2.75, 3.05) is 19.8 Å². The van der Waals surface area contributed by atoms with Gasteiger partial charge in [-0.15, -0.1) is 0 Å². The number of benzene rings is 2. The molecule has 0 saturated heterocycles. The summed E-state index contributed by atoms with van der Waals surface area (Å²) in [6, 6.07) is 17.2. The van der Waals surface area contributed by atoms with E-state index >= 15 is 0 Å². The summed E-state index contributed by atoms with van der Waals surface area (Å²) in [7, 11) is 0. The van der Waals surface area contributed by atoms with Crippen molar-refractivity contribution < 1.29 is 19.0 Å². The smallest absolute Gasteiger partial charge is 0.257 e. The average molecular weight is 357 g/mol. The van der Waals surface area contributed by atoms with Crippen molar-refractivity contribution in [3.63, 3.8) is 0 Å². The number of amides is 1. The molecule has 0 aliphatic carbocycles. The van der Waals surface area contributed by atoms with Gasteiger partial charge in [-0.25, -0.2) is 0 Å². The number of hydrogen-bond donors (Lipinski definition) is 1. The highest BCUT2D eigenvalue weighted by atomic mass is 16.5. The molecule has 5 nitrogen and oxygen atoms in total. The van der Waals surface area contributed by atoms with Crippen molar-refractivity contribution in [3.05, 3.63) is 60.2 Å². The highest BCUT2D eigenvalue weighted by Gasteiger charge is 2.03. The van der Waals surface area contributed by atoms with Crippen LogP contribution in [0.15, 0.2) is 54.6 Å². The maximum atomic E-state index is 11.7. The molecule has 0 heterocycles. The van der Waals surface area contributed by atoms with Crippen LogP contribution in [0.2, 0.25) is 0 Å². The molecule has 0 fully saturated rings. The molecule has 2 aromatic carbocycles. The third kappa shape index (κ3) is 8.03. The van der Waals surface area contributed by atoms with Gasteiger partial charge in [0.1, 0.15) is 18.1 Å². The van der Waals surface area contributed by atoms with Gasteiger partial charge in [0.05, 0.1) is 6.10 Å². The maximum absolute atomic E-state index is 11.7. The van der Waals surface area contributed by atoms with Crippen molar-refractivity contribution in [3.8, 4) is 11.5 Å². The van der Waals surface area contributed by atoms with Gasteiger partial charge >= 0.3 is 0 Å². The zero-order valence-corrected chi connectivity index (χ0v) is 15.4. The highest BCUT2D eigenvalue weighted by molar-refractivity contribution is 5.77. The molecule has 5 heteroatoms. The zero-order valence-electron chi connectivity index (χ0n) is 15.4. The van der Waals surface area contributed by atoms with Crippen molar-refractivity contribution in [2.45, 2.75) is 33.0 Å². The molecular weight excluding hydrogens is 330 g/mol. The fourth-order valence-electron chi connectivity index (χ4n) is 2.19. The van der Waals surface area contributed by atoms with E-state index in [-0.39, 0.29) is 18.6 Å². The first-order valence-corrected chi connectivity index (χ1v) is 8.91. The quantitative estimate of drug-likeness (QED) is 0.625. The Hall–Kier alpha value is -2.53. The predicted molar refractivity (Wildman–Crippen MR) is 101 cm³/mol. The number of rotatable bonds is 11. The van der Waals surface area contributed by atoms with Crippen LogP contribution in [0.3, 0.4) is 0 Å². The van der Waals surface area contributed by atoms with Gasteiger partial charge in [0.15, 0.2) is 6.61 Å². The van der Waals surface area contributed by atoms with Crippen LogP contribution < -0.4 is 14.8 Å². The molecule has 0 saturated carbocycles.